The van der Waals surface area contributed by atoms with Crippen molar-refractivity contribution in [3.63, 3.8) is 0 Å². The number of aromatic nitrogens is 2. The Kier molecular flexibility index (Phi) is 4.31. The number of aliphatic hydroxyl groups excluding tert-OH is 2. The van der Waals surface area contributed by atoms with E-state index in [9.17, 15) is 9.90 Å². The molecule has 7 nitrogen and oxygen atoms in total. The zero-order chi connectivity index (χ0) is 13.8. The van der Waals surface area contributed by atoms with Gasteiger partial charge in [0.25, 0.3) is 0 Å². The molecule has 1 fully saturated rings. The lowest BCUT2D eigenvalue weighted by molar-refractivity contribution is -0.0458. The second-order valence-electron chi connectivity index (χ2n) is 4.26. The highest BCUT2D eigenvalue weighted by atomic mass is 16.5. The van der Waals surface area contributed by atoms with Crippen LogP contribution in [0.5, 0.6) is 0 Å². The van der Waals surface area contributed by atoms with Gasteiger partial charge in [0, 0.05) is 12.6 Å². The summed E-state index contributed by atoms with van der Waals surface area (Å²) in [6, 6.07) is 1.64. The number of hydrogen-bond donors (Lipinski definition) is 3. The van der Waals surface area contributed by atoms with Crippen LogP contribution in [0, 0.1) is 0 Å². The van der Waals surface area contributed by atoms with Crippen molar-refractivity contribution in [3.05, 3.63) is 35.0 Å². The fourth-order valence-electron chi connectivity index (χ4n) is 1.93. The zero-order valence-electron chi connectivity index (χ0n) is 10.6. The van der Waals surface area contributed by atoms with Gasteiger partial charge in [-0.1, -0.05) is 6.08 Å². The third-order valence-electron chi connectivity index (χ3n) is 2.92. The molecule has 1 saturated heterocycles. The first kappa shape index (κ1) is 13.7. The number of hydrogen-bond acceptors (Lipinski definition) is 6. The molecule has 19 heavy (non-hydrogen) atoms. The van der Waals surface area contributed by atoms with Crippen molar-refractivity contribution in [3.8, 4) is 0 Å². The normalized spacial score (nSPS) is 27.0. The van der Waals surface area contributed by atoms with E-state index >= 15 is 0 Å². The maximum atomic E-state index is 11.9. The standard InChI is InChI=1S/C12H17N3O4/c1-2-4-13-10-3-5-15(12(18)14-10)11-6-8(17)9(7-16)19-11/h2-5,8-9,11,16-17H,6-7H2,1H3,(H,13,14,18)/t8?,9-,11-/m1/s1. The molecule has 2 rings (SSSR count). The van der Waals surface area contributed by atoms with Crippen LogP contribution >= 0.6 is 0 Å². The Labute approximate surface area is 110 Å². The number of nitrogens with one attached hydrogen (secondary N) is 1. The van der Waals surface area contributed by atoms with Crippen LogP contribution in [-0.4, -0.2) is 38.6 Å². The Morgan fingerprint density at radius 2 is 2.47 bits per heavy atom. The first-order valence-corrected chi connectivity index (χ1v) is 6.07. The lowest BCUT2D eigenvalue weighted by Gasteiger charge is -2.14. The fraction of sp³-hybridized carbons (Fsp3) is 0.500. The second kappa shape index (κ2) is 5.96. The molecule has 0 spiro atoms. The van der Waals surface area contributed by atoms with Crippen LogP contribution in [0.1, 0.15) is 19.6 Å². The minimum Gasteiger partial charge on any atom is -0.394 e. The Bertz CT molecular complexity index is 514. The highest BCUT2D eigenvalue weighted by molar-refractivity contribution is 5.35. The summed E-state index contributed by atoms with van der Waals surface area (Å²) in [5.74, 6) is 0.441. The molecule has 1 aromatic heterocycles. The maximum absolute atomic E-state index is 11.9. The summed E-state index contributed by atoms with van der Waals surface area (Å²) >= 11 is 0. The molecule has 0 amide bonds. The van der Waals surface area contributed by atoms with Gasteiger partial charge in [-0.15, -0.1) is 0 Å². The van der Waals surface area contributed by atoms with Crippen LogP contribution in [-0.2, 0) is 4.74 Å². The largest absolute Gasteiger partial charge is 0.394 e. The summed E-state index contributed by atoms with van der Waals surface area (Å²) in [5.41, 5.74) is -0.467. The Morgan fingerprint density at radius 1 is 1.68 bits per heavy atom. The van der Waals surface area contributed by atoms with Crippen molar-refractivity contribution in [1.29, 1.82) is 0 Å². The van der Waals surface area contributed by atoms with E-state index in [-0.39, 0.29) is 13.0 Å². The topological polar surface area (TPSA) is 96.6 Å². The number of nitrogens with zero attached hydrogens (tertiary/aromatic N) is 2. The van der Waals surface area contributed by atoms with Crippen LogP contribution < -0.4 is 11.0 Å². The average molecular weight is 267 g/mol. The van der Waals surface area contributed by atoms with Crippen molar-refractivity contribution in [2.45, 2.75) is 31.8 Å². The van der Waals surface area contributed by atoms with Gasteiger partial charge in [0.05, 0.1) is 12.7 Å². The summed E-state index contributed by atoms with van der Waals surface area (Å²) in [6.07, 6.45) is 3.25. The highest BCUT2D eigenvalue weighted by Crippen LogP contribution is 2.27. The third-order valence-corrected chi connectivity index (χ3v) is 2.92. The highest BCUT2D eigenvalue weighted by Gasteiger charge is 2.34. The second-order valence-corrected chi connectivity index (χ2v) is 4.26. The van der Waals surface area contributed by atoms with Gasteiger partial charge in [-0.25, -0.2) is 4.79 Å². The number of aliphatic hydroxyl groups is 2. The van der Waals surface area contributed by atoms with Gasteiger partial charge in [-0.05, 0) is 19.2 Å². The summed E-state index contributed by atoms with van der Waals surface area (Å²) in [6.45, 7) is 1.57. The van der Waals surface area contributed by atoms with Crippen LogP contribution in [0.2, 0.25) is 0 Å². The summed E-state index contributed by atoms with van der Waals surface area (Å²) in [5, 5.41) is 21.5. The molecule has 3 N–H and O–H groups in total. The van der Waals surface area contributed by atoms with Crippen LogP contribution in [0.15, 0.2) is 29.3 Å². The van der Waals surface area contributed by atoms with E-state index in [4.69, 9.17) is 9.84 Å². The number of anilines is 1. The number of rotatable bonds is 4. The molecule has 3 atom stereocenters. The van der Waals surface area contributed by atoms with Crippen molar-refractivity contribution < 1.29 is 14.9 Å². The maximum Gasteiger partial charge on any atom is 0.351 e. The summed E-state index contributed by atoms with van der Waals surface area (Å²) in [7, 11) is 0. The molecule has 2 heterocycles. The van der Waals surface area contributed by atoms with E-state index in [1.165, 1.54) is 4.57 Å². The van der Waals surface area contributed by atoms with Gasteiger partial charge in [-0.2, -0.15) is 4.98 Å². The van der Waals surface area contributed by atoms with Gasteiger partial charge in [-0.3, -0.25) is 4.57 Å². The van der Waals surface area contributed by atoms with E-state index in [1.54, 1.807) is 24.5 Å². The van der Waals surface area contributed by atoms with E-state index in [1.807, 2.05) is 6.92 Å². The van der Waals surface area contributed by atoms with Gasteiger partial charge < -0.3 is 20.3 Å². The van der Waals surface area contributed by atoms with E-state index in [0.29, 0.717) is 5.82 Å². The first-order valence-electron chi connectivity index (χ1n) is 6.07. The van der Waals surface area contributed by atoms with Crippen molar-refractivity contribution in [2.24, 2.45) is 0 Å². The van der Waals surface area contributed by atoms with Crippen molar-refractivity contribution in [1.82, 2.24) is 9.55 Å². The summed E-state index contributed by atoms with van der Waals surface area (Å²) in [4.78, 5) is 15.7. The third kappa shape index (κ3) is 3.01. The van der Waals surface area contributed by atoms with Crippen LogP contribution in [0.3, 0.4) is 0 Å². The average Bonchev–Trinajstić information content (AvgIpc) is 2.77. The van der Waals surface area contributed by atoms with Gasteiger partial charge in [0.2, 0.25) is 0 Å². The Morgan fingerprint density at radius 3 is 3.05 bits per heavy atom. The van der Waals surface area contributed by atoms with Gasteiger partial charge in [0.15, 0.2) is 0 Å². The molecule has 1 aliphatic heterocycles. The zero-order valence-corrected chi connectivity index (χ0v) is 10.6. The minimum atomic E-state index is -0.775. The van der Waals surface area contributed by atoms with E-state index in [2.05, 4.69) is 10.3 Å². The monoisotopic (exact) mass is 267 g/mol. The SMILES string of the molecule is CC=CNc1ccn([C@H]2CC(O)[C@@H](CO)O2)c(=O)n1. The van der Waals surface area contributed by atoms with E-state index < -0.39 is 24.1 Å². The molecular weight excluding hydrogens is 250 g/mol. The molecule has 1 aromatic rings. The molecule has 104 valence electrons. The molecule has 0 aromatic carbocycles. The molecule has 0 radical (unpaired) electrons. The molecule has 1 aliphatic rings. The van der Waals surface area contributed by atoms with Crippen LogP contribution in [0.25, 0.3) is 0 Å². The first-order chi connectivity index (χ1) is 9.15. The molecule has 0 bridgehead atoms. The molecule has 0 saturated carbocycles. The fourth-order valence-corrected chi connectivity index (χ4v) is 1.93. The molecule has 7 heteroatoms. The predicted octanol–water partition coefficient (Wildman–Crippen LogP) is -0.171. The predicted molar refractivity (Wildman–Crippen MR) is 68.6 cm³/mol. The van der Waals surface area contributed by atoms with Gasteiger partial charge >= 0.3 is 5.69 Å². The quantitative estimate of drug-likeness (QED) is 0.701. The van der Waals surface area contributed by atoms with Crippen LogP contribution in [0.4, 0.5) is 5.82 Å². The molecule has 1 unspecified atom stereocenters. The van der Waals surface area contributed by atoms with Gasteiger partial charge in [0.1, 0.15) is 18.1 Å². The number of allylic oxidation sites excluding steroid dienone is 1. The minimum absolute atomic E-state index is 0.258. The smallest absolute Gasteiger partial charge is 0.351 e. The lowest BCUT2D eigenvalue weighted by Crippen LogP contribution is -2.27. The molecule has 0 aliphatic carbocycles. The molecular formula is C12H17N3O4. The Balaban J connectivity index is 2.16. The number of ether oxygens (including phenoxy) is 1. The lowest BCUT2D eigenvalue weighted by atomic mass is 10.2. The van der Waals surface area contributed by atoms with Crippen molar-refractivity contribution >= 4 is 5.82 Å². The summed E-state index contributed by atoms with van der Waals surface area (Å²) < 4.78 is 6.70. The van der Waals surface area contributed by atoms with E-state index in [0.717, 1.165) is 0 Å². The Hall–Kier alpha value is -1.70. The van der Waals surface area contributed by atoms with Crippen molar-refractivity contribution in [2.75, 3.05) is 11.9 Å².